The second-order valence-electron chi connectivity index (χ2n) is 6.58. The summed E-state index contributed by atoms with van der Waals surface area (Å²) >= 11 is 1.28. The first kappa shape index (κ1) is 20.7. The maximum Gasteiger partial charge on any atom is 0.283 e. The molecular formula is C22H20N4O4S. The van der Waals surface area contributed by atoms with Crippen molar-refractivity contribution >= 4 is 39.8 Å². The van der Waals surface area contributed by atoms with E-state index in [0.29, 0.717) is 24.1 Å². The minimum absolute atomic E-state index is 0.0235. The minimum atomic E-state index is -0.440. The van der Waals surface area contributed by atoms with Crippen LogP contribution < -0.4 is 14.2 Å². The molecule has 0 fully saturated rings. The molecule has 0 unspecified atom stereocenters. The quantitative estimate of drug-likeness (QED) is 0.524. The zero-order chi connectivity index (χ0) is 21.8. The lowest BCUT2D eigenvalue weighted by atomic mass is 10.1. The molecular weight excluding hydrogens is 416 g/mol. The maximum absolute atomic E-state index is 12.3. The Labute approximate surface area is 183 Å². The van der Waals surface area contributed by atoms with Crippen LogP contribution in [0.4, 0.5) is 0 Å². The lowest BCUT2D eigenvalue weighted by Crippen LogP contribution is -2.35. The lowest BCUT2D eigenvalue weighted by Gasteiger charge is -2.20. The van der Waals surface area contributed by atoms with Gasteiger partial charge in [-0.1, -0.05) is 12.1 Å². The largest absolute Gasteiger partial charge is 0.497 e. The number of methoxy groups -OCH3 is 1. The third-order valence-corrected chi connectivity index (χ3v) is 5.25. The van der Waals surface area contributed by atoms with Crippen molar-refractivity contribution in [2.24, 2.45) is 10.1 Å². The fraction of sp³-hybridized carbons (Fsp3) is 0.182. The highest BCUT2D eigenvalue weighted by Crippen LogP contribution is 2.28. The molecule has 0 atom stereocenters. The molecule has 1 amide bonds. The molecule has 0 saturated heterocycles. The van der Waals surface area contributed by atoms with Crippen molar-refractivity contribution in [1.29, 1.82) is 5.41 Å². The number of carbonyl (C=O) groups is 1. The molecule has 31 heavy (non-hydrogen) atoms. The Morgan fingerprint density at radius 2 is 1.58 bits per heavy atom. The van der Waals surface area contributed by atoms with Crippen molar-refractivity contribution in [1.82, 2.24) is 5.01 Å². The third-order valence-electron chi connectivity index (χ3n) is 4.43. The summed E-state index contributed by atoms with van der Waals surface area (Å²) in [6.07, 6.45) is 1.63. The Bertz CT molecular complexity index is 1090. The van der Waals surface area contributed by atoms with Gasteiger partial charge in [-0.05, 0) is 66.7 Å². The van der Waals surface area contributed by atoms with E-state index in [1.165, 1.54) is 16.8 Å². The average Bonchev–Trinajstić information content (AvgIpc) is 3.16. The summed E-state index contributed by atoms with van der Waals surface area (Å²) in [5, 5.41) is 15.1. The Morgan fingerprint density at radius 1 is 1.00 bits per heavy atom. The molecule has 0 spiro atoms. The van der Waals surface area contributed by atoms with E-state index in [0.717, 1.165) is 22.1 Å². The van der Waals surface area contributed by atoms with E-state index in [1.54, 1.807) is 25.3 Å². The SMILES string of the molecule is COc1ccc(OCCOc2ccc(/C=C3/C(=N)N4N=C(C)SC4=NC3=O)cc2)cc1. The van der Waals surface area contributed by atoms with E-state index >= 15 is 0 Å². The number of nitrogens with zero attached hydrogens (tertiary/aromatic N) is 3. The van der Waals surface area contributed by atoms with E-state index in [-0.39, 0.29) is 11.4 Å². The van der Waals surface area contributed by atoms with Gasteiger partial charge in [-0.25, -0.2) is 0 Å². The van der Waals surface area contributed by atoms with Gasteiger partial charge in [-0.3, -0.25) is 10.2 Å². The molecule has 0 saturated carbocycles. The summed E-state index contributed by atoms with van der Waals surface area (Å²) in [4.78, 5) is 16.3. The van der Waals surface area contributed by atoms with Gasteiger partial charge in [-0.15, -0.1) is 0 Å². The molecule has 1 N–H and O–H groups in total. The first-order chi connectivity index (χ1) is 15.0. The van der Waals surface area contributed by atoms with Crippen molar-refractivity contribution in [2.45, 2.75) is 6.92 Å². The number of thioether (sulfide) groups is 1. The fourth-order valence-electron chi connectivity index (χ4n) is 2.91. The number of amidine groups is 2. The molecule has 0 bridgehead atoms. The van der Waals surface area contributed by atoms with Crippen molar-refractivity contribution in [3.8, 4) is 17.2 Å². The van der Waals surface area contributed by atoms with E-state index < -0.39 is 5.91 Å². The van der Waals surface area contributed by atoms with Crippen LogP contribution >= 0.6 is 11.8 Å². The minimum Gasteiger partial charge on any atom is -0.497 e. The van der Waals surface area contributed by atoms with Crippen LogP contribution in [0.3, 0.4) is 0 Å². The Hall–Kier alpha value is -3.59. The Morgan fingerprint density at radius 3 is 2.19 bits per heavy atom. The van der Waals surface area contributed by atoms with Crippen LogP contribution in [0.1, 0.15) is 12.5 Å². The zero-order valence-corrected chi connectivity index (χ0v) is 17.8. The van der Waals surface area contributed by atoms with E-state index in [1.807, 2.05) is 43.3 Å². The molecule has 0 radical (unpaired) electrons. The van der Waals surface area contributed by atoms with Gasteiger partial charge in [-0.2, -0.15) is 15.1 Å². The van der Waals surface area contributed by atoms with Crippen LogP contribution in [0, 0.1) is 5.41 Å². The zero-order valence-electron chi connectivity index (χ0n) is 17.0. The molecule has 0 aromatic heterocycles. The smallest absolute Gasteiger partial charge is 0.283 e. The number of hydrogen-bond acceptors (Lipinski definition) is 7. The predicted octanol–water partition coefficient (Wildman–Crippen LogP) is 3.79. The fourth-order valence-corrected chi connectivity index (χ4v) is 3.64. The molecule has 0 aliphatic carbocycles. The number of nitrogens with one attached hydrogen (secondary N) is 1. The first-order valence-electron chi connectivity index (χ1n) is 9.50. The van der Waals surface area contributed by atoms with Gasteiger partial charge < -0.3 is 14.2 Å². The van der Waals surface area contributed by atoms with Crippen LogP contribution in [0.5, 0.6) is 17.2 Å². The maximum atomic E-state index is 12.3. The van der Waals surface area contributed by atoms with Gasteiger partial charge >= 0.3 is 0 Å². The van der Waals surface area contributed by atoms with Crippen LogP contribution in [-0.4, -0.2) is 47.3 Å². The predicted molar refractivity (Wildman–Crippen MR) is 121 cm³/mol. The summed E-state index contributed by atoms with van der Waals surface area (Å²) in [5.74, 6) is 1.79. The van der Waals surface area contributed by atoms with Gasteiger partial charge in [0.2, 0.25) is 5.17 Å². The van der Waals surface area contributed by atoms with Crippen molar-refractivity contribution in [3.05, 3.63) is 59.7 Å². The lowest BCUT2D eigenvalue weighted by molar-refractivity contribution is -0.114. The second-order valence-corrected chi connectivity index (χ2v) is 7.74. The van der Waals surface area contributed by atoms with Crippen molar-refractivity contribution < 1.29 is 19.0 Å². The molecule has 8 nitrogen and oxygen atoms in total. The van der Waals surface area contributed by atoms with Gasteiger partial charge in [0.15, 0.2) is 5.84 Å². The highest BCUT2D eigenvalue weighted by Gasteiger charge is 2.34. The van der Waals surface area contributed by atoms with Gasteiger partial charge in [0, 0.05) is 0 Å². The van der Waals surface area contributed by atoms with Crippen LogP contribution in [-0.2, 0) is 4.79 Å². The third kappa shape index (κ3) is 4.77. The Kier molecular flexibility index (Phi) is 6.03. The number of rotatable bonds is 7. The van der Waals surface area contributed by atoms with Crippen LogP contribution in [0.25, 0.3) is 6.08 Å². The summed E-state index contributed by atoms with van der Waals surface area (Å²) in [7, 11) is 1.62. The summed E-state index contributed by atoms with van der Waals surface area (Å²) in [6.45, 7) is 2.60. The van der Waals surface area contributed by atoms with E-state index in [2.05, 4.69) is 10.1 Å². The van der Waals surface area contributed by atoms with Gasteiger partial charge in [0.1, 0.15) is 30.5 Å². The monoisotopic (exact) mass is 436 g/mol. The average molecular weight is 436 g/mol. The molecule has 2 aliphatic heterocycles. The highest BCUT2D eigenvalue weighted by atomic mass is 32.2. The molecule has 4 rings (SSSR count). The van der Waals surface area contributed by atoms with Gasteiger partial charge in [0.25, 0.3) is 5.91 Å². The van der Waals surface area contributed by atoms with Crippen LogP contribution in [0.15, 0.2) is 64.2 Å². The standard InChI is InChI=1S/C22H20N4O4S/c1-14-25-26-20(23)19(21(27)24-22(26)31-14)13-15-3-5-17(6-4-15)29-11-12-30-18-9-7-16(28-2)8-10-18/h3-10,13,23H,11-12H2,1-2H3/b19-13-,23-20?. The number of hydrazone groups is 1. The molecule has 9 heteroatoms. The van der Waals surface area contributed by atoms with Crippen LogP contribution in [0.2, 0.25) is 0 Å². The number of aliphatic imine (C=N–C) groups is 1. The number of ether oxygens (including phenoxy) is 3. The topological polar surface area (TPSA) is 96.6 Å². The number of benzene rings is 2. The number of amides is 1. The highest BCUT2D eigenvalue weighted by molar-refractivity contribution is 8.26. The molecule has 2 heterocycles. The number of carbonyl (C=O) groups excluding carboxylic acids is 1. The first-order valence-corrected chi connectivity index (χ1v) is 10.3. The molecule has 2 aliphatic rings. The second kappa shape index (κ2) is 9.05. The number of hydrogen-bond donors (Lipinski definition) is 1. The van der Waals surface area contributed by atoms with E-state index in [4.69, 9.17) is 19.6 Å². The molecule has 158 valence electrons. The molecule has 2 aromatic rings. The van der Waals surface area contributed by atoms with E-state index in [9.17, 15) is 4.79 Å². The summed E-state index contributed by atoms with van der Waals surface area (Å²) < 4.78 is 16.4. The number of fused-ring (bicyclic) bond motifs is 1. The Balaban J connectivity index is 1.33. The van der Waals surface area contributed by atoms with Crippen molar-refractivity contribution in [3.63, 3.8) is 0 Å². The summed E-state index contributed by atoms with van der Waals surface area (Å²) in [6, 6.07) is 14.6. The molecule has 2 aromatic carbocycles. The normalized spacial score (nSPS) is 16.7. The van der Waals surface area contributed by atoms with Gasteiger partial charge in [0.05, 0.1) is 17.7 Å². The van der Waals surface area contributed by atoms with Crippen molar-refractivity contribution in [2.75, 3.05) is 20.3 Å². The summed E-state index contributed by atoms with van der Waals surface area (Å²) in [5.41, 5.74) is 0.963.